The number of nitrogens with one attached hydrogen (secondary N) is 1. The van der Waals surface area contributed by atoms with Crippen LogP contribution >= 0.6 is 27.3 Å². The maximum atomic E-state index is 5.21. The van der Waals surface area contributed by atoms with Crippen LogP contribution in [0, 0.1) is 6.92 Å². The number of nitrogens with zero attached hydrogens (tertiary/aromatic N) is 2. The predicted molar refractivity (Wildman–Crippen MR) is 104 cm³/mol. The van der Waals surface area contributed by atoms with Crippen molar-refractivity contribution in [3.05, 3.63) is 63.4 Å². The third-order valence-electron chi connectivity index (χ3n) is 3.40. The van der Waals surface area contributed by atoms with Crippen LogP contribution in [0.2, 0.25) is 0 Å². The molecule has 122 valence electrons. The van der Waals surface area contributed by atoms with Crippen LogP contribution < -0.4 is 10.2 Å². The lowest BCUT2D eigenvalue weighted by Crippen LogP contribution is -1.91. The molecule has 1 N–H and O–H groups in total. The van der Waals surface area contributed by atoms with Crippen LogP contribution in [0.15, 0.2) is 57.4 Å². The first-order valence-corrected chi connectivity index (χ1v) is 8.98. The van der Waals surface area contributed by atoms with Crippen molar-refractivity contribution in [3.8, 4) is 17.0 Å². The molecule has 0 saturated heterocycles. The maximum absolute atomic E-state index is 5.21. The predicted octanol–water partition coefficient (Wildman–Crippen LogP) is 5.34. The molecule has 0 unspecified atom stereocenters. The van der Waals surface area contributed by atoms with Crippen LogP contribution in [0.25, 0.3) is 11.3 Å². The molecule has 2 aromatic carbocycles. The van der Waals surface area contributed by atoms with Crippen LogP contribution in [0.3, 0.4) is 0 Å². The van der Waals surface area contributed by atoms with E-state index in [1.807, 2.05) is 23.6 Å². The molecule has 6 heteroatoms. The van der Waals surface area contributed by atoms with E-state index in [-0.39, 0.29) is 0 Å². The van der Waals surface area contributed by atoms with Crippen LogP contribution in [0.1, 0.15) is 11.1 Å². The van der Waals surface area contributed by atoms with E-state index in [2.05, 4.69) is 62.6 Å². The number of thiazole rings is 1. The fraction of sp³-hybridized carbons (Fsp3) is 0.111. The average molecular weight is 402 g/mol. The van der Waals surface area contributed by atoms with Crippen molar-refractivity contribution < 1.29 is 4.74 Å². The number of aromatic nitrogens is 1. The van der Waals surface area contributed by atoms with Gasteiger partial charge in [-0.15, -0.1) is 11.3 Å². The van der Waals surface area contributed by atoms with E-state index < -0.39 is 0 Å². The summed E-state index contributed by atoms with van der Waals surface area (Å²) in [5, 5.41) is 7.02. The minimum absolute atomic E-state index is 0.759. The zero-order valence-corrected chi connectivity index (χ0v) is 15.7. The van der Waals surface area contributed by atoms with Crippen LogP contribution in [-0.4, -0.2) is 18.3 Å². The van der Waals surface area contributed by atoms with E-state index in [4.69, 9.17) is 4.74 Å². The molecule has 0 aliphatic heterocycles. The number of aryl methyl sites for hydroxylation is 1. The second kappa shape index (κ2) is 7.59. The topological polar surface area (TPSA) is 46.5 Å². The van der Waals surface area contributed by atoms with E-state index >= 15 is 0 Å². The molecule has 0 fully saturated rings. The van der Waals surface area contributed by atoms with Crippen molar-refractivity contribution >= 4 is 38.6 Å². The number of hydrogen-bond donors (Lipinski definition) is 1. The summed E-state index contributed by atoms with van der Waals surface area (Å²) in [7, 11) is 1.64. The summed E-state index contributed by atoms with van der Waals surface area (Å²) >= 11 is 4.99. The van der Waals surface area contributed by atoms with Gasteiger partial charge in [-0.25, -0.2) is 4.98 Å². The van der Waals surface area contributed by atoms with Gasteiger partial charge in [0.2, 0.25) is 5.13 Å². The molecule has 1 aromatic heterocycles. The lowest BCUT2D eigenvalue weighted by Gasteiger charge is -2.03. The zero-order chi connectivity index (χ0) is 16.9. The number of ether oxygens (including phenoxy) is 1. The molecule has 4 nitrogen and oxygen atoms in total. The van der Waals surface area contributed by atoms with E-state index in [0.717, 1.165) is 32.2 Å². The SMILES string of the molecule is COc1ccc(/C=N\Nc2nc(-c3ccc(C)cc3)cs2)cc1Br. The number of hydrogen-bond acceptors (Lipinski definition) is 5. The molecular formula is C18H16BrN3OS. The normalized spacial score (nSPS) is 11.0. The van der Waals surface area contributed by atoms with Crippen molar-refractivity contribution in [2.75, 3.05) is 12.5 Å². The van der Waals surface area contributed by atoms with E-state index in [0.29, 0.717) is 0 Å². The van der Waals surface area contributed by atoms with Crippen molar-refractivity contribution in [1.29, 1.82) is 0 Å². The third-order valence-corrected chi connectivity index (χ3v) is 4.77. The van der Waals surface area contributed by atoms with Gasteiger partial charge in [-0.3, -0.25) is 5.43 Å². The molecule has 0 bridgehead atoms. The maximum Gasteiger partial charge on any atom is 0.203 e. The van der Waals surface area contributed by atoms with Crippen LogP contribution in [0.5, 0.6) is 5.75 Å². The molecule has 0 aliphatic carbocycles. The van der Waals surface area contributed by atoms with Gasteiger partial charge in [0.25, 0.3) is 0 Å². The Balaban J connectivity index is 1.67. The second-order valence-electron chi connectivity index (χ2n) is 5.17. The van der Waals surface area contributed by atoms with Crippen LogP contribution in [-0.2, 0) is 0 Å². The summed E-state index contributed by atoms with van der Waals surface area (Å²) in [4.78, 5) is 4.55. The number of methoxy groups -OCH3 is 1. The molecule has 0 atom stereocenters. The summed E-state index contributed by atoms with van der Waals surface area (Å²) < 4.78 is 6.10. The summed E-state index contributed by atoms with van der Waals surface area (Å²) in [5.74, 6) is 0.794. The number of rotatable bonds is 5. The molecule has 0 radical (unpaired) electrons. The third kappa shape index (κ3) is 4.01. The van der Waals surface area contributed by atoms with Gasteiger partial charge in [-0.05, 0) is 46.6 Å². The van der Waals surface area contributed by atoms with Gasteiger partial charge in [0.05, 0.1) is 23.5 Å². The smallest absolute Gasteiger partial charge is 0.203 e. The first-order valence-electron chi connectivity index (χ1n) is 7.31. The number of anilines is 1. The molecule has 0 amide bonds. The Bertz CT molecular complexity index is 859. The molecule has 0 aliphatic rings. The summed E-state index contributed by atoms with van der Waals surface area (Å²) in [5.41, 5.74) is 7.23. The lowest BCUT2D eigenvalue weighted by molar-refractivity contribution is 0.412. The largest absolute Gasteiger partial charge is 0.496 e. The van der Waals surface area contributed by atoms with E-state index in [1.54, 1.807) is 13.3 Å². The standard InChI is InChI=1S/C18H16BrN3OS/c1-12-3-6-14(7-4-12)16-11-24-18(21-16)22-20-10-13-5-8-17(23-2)15(19)9-13/h3-11H,1-2H3,(H,21,22)/b20-10-. The molecule has 1 heterocycles. The van der Waals surface area contributed by atoms with Gasteiger partial charge in [-0.1, -0.05) is 29.8 Å². The monoisotopic (exact) mass is 401 g/mol. The molecule has 0 spiro atoms. The number of hydrazone groups is 1. The van der Waals surface area contributed by atoms with Gasteiger partial charge in [0.1, 0.15) is 5.75 Å². The van der Waals surface area contributed by atoms with Crippen molar-refractivity contribution in [2.24, 2.45) is 5.10 Å². The summed E-state index contributed by atoms with van der Waals surface area (Å²) in [6.45, 7) is 2.07. The highest BCUT2D eigenvalue weighted by Gasteiger charge is 2.04. The number of benzene rings is 2. The lowest BCUT2D eigenvalue weighted by atomic mass is 10.1. The molecule has 0 saturated carbocycles. The first-order chi connectivity index (χ1) is 11.7. The summed E-state index contributed by atoms with van der Waals surface area (Å²) in [6.07, 6.45) is 1.75. The Kier molecular flexibility index (Phi) is 5.27. The minimum atomic E-state index is 0.759. The quantitative estimate of drug-likeness (QED) is 0.463. The highest BCUT2D eigenvalue weighted by atomic mass is 79.9. The van der Waals surface area contributed by atoms with E-state index in [9.17, 15) is 0 Å². The van der Waals surface area contributed by atoms with Crippen LogP contribution in [0.4, 0.5) is 5.13 Å². The van der Waals surface area contributed by atoms with Crippen molar-refractivity contribution in [1.82, 2.24) is 4.98 Å². The Labute approximate surface area is 153 Å². The Morgan fingerprint density at radius 3 is 2.71 bits per heavy atom. The van der Waals surface area contributed by atoms with Crippen molar-refractivity contribution in [2.45, 2.75) is 6.92 Å². The highest BCUT2D eigenvalue weighted by Crippen LogP contribution is 2.26. The fourth-order valence-corrected chi connectivity index (χ4v) is 3.33. The molecule has 3 rings (SSSR count). The molecule has 3 aromatic rings. The van der Waals surface area contributed by atoms with Gasteiger partial charge < -0.3 is 4.74 Å². The van der Waals surface area contributed by atoms with Gasteiger partial charge >= 0.3 is 0 Å². The highest BCUT2D eigenvalue weighted by molar-refractivity contribution is 9.10. The first kappa shape index (κ1) is 16.7. The molecule has 24 heavy (non-hydrogen) atoms. The van der Waals surface area contributed by atoms with Gasteiger partial charge in [0, 0.05) is 10.9 Å². The van der Waals surface area contributed by atoms with Gasteiger partial charge in [0.15, 0.2) is 0 Å². The Hall–Kier alpha value is -2.18. The zero-order valence-electron chi connectivity index (χ0n) is 13.3. The summed E-state index contributed by atoms with van der Waals surface area (Å²) in [6, 6.07) is 14.1. The molecular weight excluding hydrogens is 386 g/mol. The fourth-order valence-electron chi connectivity index (χ4n) is 2.11. The van der Waals surface area contributed by atoms with Gasteiger partial charge in [-0.2, -0.15) is 5.10 Å². The second-order valence-corrected chi connectivity index (χ2v) is 6.88. The Morgan fingerprint density at radius 2 is 2.00 bits per heavy atom. The van der Waals surface area contributed by atoms with E-state index in [1.165, 1.54) is 16.9 Å². The average Bonchev–Trinajstić information content (AvgIpc) is 3.04. The Morgan fingerprint density at radius 1 is 1.21 bits per heavy atom. The number of halogens is 1. The minimum Gasteiger partial charge on any atom is -0.496 e. The van der Waals surface area contributed by atoms with Crippen molar-refractivity contribution in [3.63, 3.8) is 0 Å².